The zero-order valence-corrected chi connectivity index (χ0v) is 22.4. The summed E-state index contributed by atoms with van der Waals surface area (Å²) in [5, 5.41) is 3.36. The number of benzene rings is 1. The number of nitrogens with zero attached hydrogens (tertiary/aromatic N) is 2. The average molecular weight is 567 g/mol. The second-order valence-electron chi connectivity index (χ2n) is 8.28. The fourth-order valence-electron chi connectivity index (χ4n) is 3.51. The number of hydrogen-bond donors (Lipinski definition) is 2. The lowest BCUT2D eigenvalue weighted by Crippen LogP contribution is -2.40. The molecule has 1 heterocycles. The van der Waals surface area contributed by atoms with Crippen LogP contribution in [0.4, 0.5) is 0 Å². The lowest BCUT2D eigenvalue weighted by Gasteiger charge is -2.26. The van der Waals surface area contributed by atoms with Gasteiger partial charge in [0.05, 0.1) is 12.3 Å². The zero-order chi connectivity index (χ0) is 22.0. The van der Waals surface area contributed by atoms with Gasteiger partial charge in [-0.25, -0.2) is 18.1 Å². The SMILES string of the molecule is CCNC(=NCc1ccc(CS(=O)(=O)NC(C)C)cc1)N(C)CCC1CCOCC1.I. The molecule has 0 aliphatic carbocycles. The van der Waals surface area contributed by atoms with Gasteiger partial charge < -0.3 is 15.0 Å². The molecule has 1 aromatic carbocycles. The molecule has 0 saturated carbocycles. The highest BCUT2D eigenvalue weighted by Crippen LogP contribution is 2.18. The van der Waals surface area contributed by atoms with Crippen molar-refractivity contribution in [1.82, 2.24) is 14.9 Å². The Labute approximate surface area is 205 Å². The van der Waals surface area contributed by atoms with Gasteiger partial charge in [0.25, 0.3) is 0 Å². The fraction of sp³-hybridized carbons (Fsp3) is 0.682. The van der Waals surface area contributed by atoms with Gasteiger partial charge in [-0.3, -0.25) is 0 Å². The van der Waals surface area contributed by atoms with Gasteiger partial charge in [0.2, 0.25) is 10.0 Å². The van der Waals surface area contributed by atoms with E-state index in [9.17, 15) is 8.42 Å². The van der Waals surface area contributed by atoms with Crippen molar-refractivity contribution in [2.45, 2.75) is 58.4 Å². The Morgan fingerprint density at radius 2 is 1.81 bits per heavy atom. The Hall–Kier alpha value is -0.910. The van der Waals surface area contributed by atoms with Crippen molar-refractivity contribution in [2.24, 2.45) is 10.9 Å². The van der Waals surface area contributed by atoms with Crippen LogP contribution in [0.1, 0.15) is 51.2 Å². The van der Waals surface area contributed by atoms with Crippen LogP contribution in [0.25, 0.3) is 0 Å². The van der Waals surface area contributed by atoms with E-state index >= 15 is 0 Å². The average Bonchev–Trinajstić information content (AvgIpc) is 2.70. The summed E-state index contributed by atoms with van der Waals surface area (Å²) < 4.78 is 32.2. The van der Waals surface area contributed by atoms with Gasteiger partial charge in [-0.15, -0.1) is 24.0 Å². The van der Waals surface area contributed by atoms with Crippen LogP contribution in [0.3, 0.4) is 0 Å². The normalized spacial score (nSPS) is 15.6. The first kappa shape index (κ1) is 28.1. The molecular weight excluding hydrogens is 527 g/mol. The zero-order valence-electron chi connectivity index (χ0n) is 19.3. The third-order valence-corrected chi connectivity index (χ3v) is 6.66. The summed E-state index contributed by atoms with van der Waals surface area (Å²) in [6, 6.07) is 7.54. The largest absolute Gasteiger partial charge is 0.381 e. The summed E-state index contributed by atoms with van der Waals surface area (Å²) in [4.78, 5) is 6.96. The summed E-state index contributed by atoms with van der Waals surface area (Å²) in [5.41, 5.74) is 1.83. The number of guanidine groups is 1. The number of hydrogen-bond acceptors (Lipinski definition) is 4. The number of sulfonamides is 1. The molecule has 0 unspecified atom stereocenters. The molecule has 0 atom stereocenters. The van der Waals surface area contributed by atoms with Crippen LogP contribution < -0.4 is 10.0 Å². The molecule has 1 saturated heterocycles. The number of ether oxygens (including phenoxy) is 1. The van der Waals surface area contributed by atoms with Gasteiger partial charge in [-0.05, 0) is 57.1 Å². The van der Waals surface area contributed by atoms with Crippen LogP contribution >= 0.6 is 24.0 Å². The lowest BCUT2D eigenvalue weighted by molar-refractivity contribution is 0.0625. The monoisotopic (exact) mass is 566 g/mol. The van der Waals surface area contributed by atoms with Crippen molar-refractivity contribution in [3.8, 4) is 0 Å². The van der Waals surface area contributed by atoms with Crippen molar-refractivity contribution in [1.29, 1.82) is 0 Å². The minimum absolute atomic E-state index is 0. The molecule has 0 bridgehead atoms. The summed E-state index contributed by atoms with van der Waals surface area (Å²) in [7, 11) is -1.23. The van der Waals surface area contributed by atoms with Crippen LogP contribution in [-0.4, -0.2) is 58.7 Å². The second kappa shape index (κ2) is 14.3. The maximum absolute atomic E-state index is 12.1. The highest BCUT2D eigenvalue weighted by Gasteiger charge is 2.16. The molecule has 2 rings (SSSR count). The number of halogens is 1. The molecule has 0 amide bonds. The molecule has 0 spiro atoms. The third-order valence-electron chi connectivity index (χ3n) is 5.12. The van der Waals surface area contributed by atoms with Gasteiger partial charge in [0.1, 0.15) is 0 Å². The molecule has 9 heteroatoms. The van der Waals surface area contributed by atoms with E-state index in [1.54, 1.807) is 0 Å². The summed E-state index contributed by atoms with van der Waals surface area (Å²) in [6.07, 6.45) is 3.45. The molecule has 7 nitrogen and oxygen atoms in total. The highest BCUT2D eigenvalue weighted by molar-refractivity contribution is 14.0. The Morgan fingerprint density at radius 3 is 2.39 bits per heavy atom. The summed E-state index contributed by atoms with van der Waals surface area (Å²) in [5.74, 6) is 1.63. The quantitative estimate of drug-likeness (QED) is 0.258. The number of aliphatic imine (C=N–C) groups is 1. The maximum atomic E-state index is 12.1. The van der Waals surface area contributed by atoms with Crippen LogP contribution in [0.2, 0.25) is 0 Å². The van der Waals surface area contributed by atoms with Crippen molar-refractivity contribution in [3.05, 3.63) is 35.4 Å². The first-order valence-corrected chi connectivity index (χ1v) is 12.6. The van der Waals surface area contributed by atoms with Gasteiger partial charge in [0.15, 0.2) is 5.96 Å². The highest BCUT2D eigenvalue weighted by atomic mass is 127. The minimum Gasteiger partial charge on any atom is -0.381 e. The Balaban J connectivity index is 0.00000480. The Morgan fingerprint density at radius 1 is 1.19 bits per heavy atom. The van der Waals surface area contributed by atoms with Gasteiger partial charge in [-0.2, -0.15) is 0 Å². The van der Waals surface area contributed by atoms with E-state index in [0.717, 1.165) is 68.6 Å². The lowest BCUT2D eigenvalue weighted by atomic mass is 9.96. The van der Waals surface area contributed by atoms with Gasteiger partial charge in [-0.1, -0.05) is 24.3 Å². The van der Waals surface area contributed by atoms with Gasteiger partial charge >= 0.3 is 0 Å². The van der Waals surface area contributed by atoms with E-state index in [2.05, 4.69) is 28.9 Å². The first-order chi connectivity index (χ1) is 14.3. The third kappa shape index (κ3) is 11.0. The smallest absolute Gasteiger partial charge is 0.216 e. The Kier molecular flexibility index (Phi) is 13.0. The standard InChI is InChI=1S/C22H38N4O3S.HI/c1-5-23-22(26(4)13-10-19-11-14-29-15-12-19)24-16-20-6-8-21(9-7-20)17-30(27,28)25-18(2)3;/h6-9,18-19,25H,5,10-17H2,1-4H3,(H,23,24);1H. The topological polar surface area (TPSA) is 83.0 Å². The number of rotatable bonds is 10. The summed E-state index contributed by atoms with van der Waals surface area (Å²) in [6.45, 7) is 9.82. The predicted molar refractivity (Wildman–Crippen MR) is 138 cm³/mol. The van der Waals surface area contributed by atoms with Crippen LogP contribution in [0.15, 0.2) is 29.3 Å². The van der Waals surface area contributed by atoms with Crippen molar-refractivity contribution >= 4 is 40.0 Å². The second-order valence-corrected chi connectivity index (χ2v) is 10.0. The van der Waals surface area contributed by atoms with E-state index < -0.39 is 10.0 Å². The van der Waals surface area contributed by atoms with Crippen LogP contribution in [0.5, 0.6) is 0 Å². The van der Waals surface area contributed by atoms with Crippen molar-refractivity contribution < 1.29 is 13.2 Å². The van der Waals surface area contributed by atoms with Gasteiger partial charge in [0, 0.05) is 39.4 Å². The molecule has 1 fully saturated rings. The molecule has 0 radical (unpaired) electrons. The molecule has 1 aromatic rings. The molecule has 178 valence electrons. The fourth-order valence-corrected chi connectivity index (χ4v) is 4.95. The molecule has 2 N–H and O–H groups in total. The van der Waals surface area contributed by atoms with Crippen LogP contribution in [-0.2, 0) is 27.1 Å². The molecule has 1 aliphatic rings. The minimum atomic E-state index is -3.31. The van der Waals surface area contributed by atoms with Crippen LogP contribution in [0, 0.1) is 5.92 Å². The van der Waals surface area contributed by atoms with E-state index in [0.29, 0.717) is 6.54 Å². The van der Waals surface area contributed by atoms with Crippen molar-refractivity contribution in [3.63, 3.8) is 0 Å². The molecule has 1 aliphatic heterocycles. The number of nitrogens with one attached hydrogen (secondary N) is 2. The van der Waals surface area contributed by atoms with E-state index in [4.69, 9.17) is 9.73 Å². The van der Waals surface area contributed by atoms with E-state index in [1.807, 2.05) is 38.1 Å². The predicted octanol–water partition coefficient (Wildman–Crippen LogP) is 3.35. The van der Waals surface area contributed by atoms with E-state index in [1.165, 1.54) is 0 Å². The first-order valence-electron chi connectivity index (χ1n) is 10.9. The maximum Gasteiger partial charge on any atom is 0.216 e. The van der Waals surface area contributed by atoms with Crippen molar-refractivity contribution in [2.75, 3.05) is 33.4 Å². The van der Waals surface area contributed by atoms with E-state index in [-0.39, 0.29) is 35.8 Å². The summed E-state index contributed by atoms with van der Waals surface area (Å²) >= 11 is 0. The molecular formula is C22H39IN4O3S. The Bertz CT molecular complexity index is 763. The molecule has 31 heavy (non-hydrogen) atoms. The molecule has 0 aromatic heterocycles.